The largest absolute Gasteiger partial charge is 0.379 e. The Kier molecular flexibility index (Phi) is 7.07. The number of amides is 1. The molecule has 2 aromatic heterocycles. The van der Waals surface area contributed by atoms with Gasteiger partial charge in [0.1, 0.15) is 23.3 Å². The van der Waals surface area contributed by atoms with E-state index in [0.717, 1.165) is 88.8 Å². The Bertz CT molecular complexity index is 1290. The van der Waals surface area contributed by atoms with Crippen LogP contribution in [0.4, 0.5) is 11.5 Å². The number of morpholine rings is 1. The lowest BCUT2D eigenvalue weighted by atomic mass is 9.85. The van der Waals surface area contributed by atoms with Crippen LogP contribution in [0.3, 0.4) is 0 Å². The van der Waals surface area contributed by atoms with Crippen molar-refractivity contribution in [3.8, 4) is 0 Å². The SMILES string of the molecule is CN(C)C1(C(=O)Nc2cccc(CN3CCOCC3)c2)CCN(c2ncnc3[nH]c4c(c23)CCCC4)CC1. The predicted octanol–water partition coefficient (Wildman–Crippen LogP) is 3.21. The van der Waals surface area contributed by atoms with Gasteiger partial charge in [0, 0.05) is 44.1 Å². The molecule has 9 nitrogen and oxygen atoms in total. The molecule has 2 saturated heterocycles. The zero-order valence-electron chi connectivity index (χ0n) is 22.6. The molecule has 2 fully saturated rings. The van der Waals surface area contributed by atoms with Crippen molar-refractivity contribution >= 4 is 28.4 Å². The van der Waals surface area contributed by atoms with Crippen LogP contribution in [0.15, 0.2) is 30.6 Å². The summed E-state index contributed by atoms with van der Waals surface area (Å²) in [4.78, 5) is 33.5. The topological polar surface area (TPSA) is 89.6 Å². The molecular weight excluding hydrogens is 478 g/mol. The first-order valence-electron chi connectivity index (χ1n) is 14.0. The Balaban J connectivity index is 1.17. The molecule has 0 saturated carbocycles. The first-order valence-corrected chi connectivity index (χ1v) is 14.0. The fourth-order valence-electron chi connectivity index (χ4n) is 6.43. The summed E-state index contributed by atoms with van der Waals surface area (Å²) < 4.78 is 5.48. The number of H-pyrrole nitrogens is 1. The number of nitrogens with zero attached hydrogens (tertiary/aromatic N) is 5. The van der Waals surface area contributed by atoms with E-state index in [9.17, 15) is 4.79 Å². The van der Waals surface area contributed by atoms with Crippen molar-refractivity contribution < 1.29 is 9.53 Å². The van der Waals surface area contributed by atoms with Crippen LogP contribution in [0.25, 0.3) is 11.0 Å². The Morgan fingerprint density at radius 1 is 1.11 bits per heavy atom. The highest BCUT2D eigenvalue weighted by atomic mass is 16.5. The third kappa shape index (κ3) is 4.79. The highest BCUT2D eigenvalue weighted by molar-refractivity contribution is 5.98. The van der Waals surface area contributed by atoms with Crippen molar-refractivity contribution in [1.82, 2.24) is 24.8 Å². The monoisotopic (exact) mass is 517 g/mol. The second-order valence-corrected chi connectivity index (χ2v) is 11.2. The molecule has 2 N–H and O–H groups in total. The molecule has 0 atom stereocenters. The molecule has 0 radical (unpaired) electrons. The predicted molar refractivity (Wildman–Crippen MR) is 150 cm³/mol. The number of aryl methyl sites for hydroxylation is 2. The van der Waals surface area contributed by atoms with Crippen LogP contribution < -0.4 is 10.2 Å². The van der Waals surface area contributed by atoms with Crippen LogP contribution in [-0.2, 0) is 28.9 Å². The quantitative estimate of drug-likeness (QED) is 0.519. The van der Waals surface area contributed by atoms with Crippen molar-refractivity contribution in [2.45, 2.75) is 50.6 Å². The van der Waals surface area contributed by atoms with Gasteiger partial charge in [-0.3, -0.25) is 14.6 Å². The number of carbonyl (C=O) groups excluding carboxylic acids is 1. The maximum Gasteiger partial charge on any atom is 0.245 e. The van der Waals surface area contributed by atoms with Gasteiger partial charge in [0.15, 0.2) is 0 Å². The van der Waals surface area contributed by atoms with E-state index in [1.54, 1.807) is 6.33 Å². The van der Waals surface area contributed by atoms with E-state index >= 15 is 0 Å². The van der Waals surface area contributed by atoms with Gasteiger partial charge in [-0.25, -0.2) is 9.97 Å². The van der Waals surface area contributed by atoms with Crippen molar-refractivity contribution in [1.29, 1.82) is 0 Å². The molecule has 3 aliphatic rings. The summed E-state index contributed by atoms with van der Waals surface area (Å²) in [5.41, 5.74) is 5.16. The number of aromatic amines is 1. The van der Waals surface area contributed by atoms with Crippen molar-refractivity contribution in [3.63, 3.8) is 0 Å². The minimum Gasteiger partial charge on any atom is -0.379 e. The standard InChI is InChI=1S/C29H39N7O2/c1-34(2)29(28(37)32-22-7-5-6-21(18-22)19-35-14-16-38-17-15-35)10-12-36(13-11-29)27-25-23-8-3-4-9-24(23)33-26(25)30-20-31-27/h5-7,18,20H,3-4,8-17,19H2,1-2H3,(H,32,37)(H,30,31,33). The average molecular weight is 518 g/mol. The van der Waals surface area contributed by atoms with Crippen LogP contribution in [0.5, 0.6) is 0 Å². The number of aromatic nitrogens is 3. The summed E-state index contributed by atoms with van der Waals surface area (Å²) in [5.74, 6) is 1.08. The lowest BCUT2D eigenvalue weighted by Crippen LogP contribution is -2.59. The fraction of sp³-hybridized carbons (Fsp3) is 0.552. The molecule has 0 spiro atoms. The molecule has 1 aliphatic carbocycles. The van der Waals surface area contributed by atoms with Crippen molar-refractivity contribution in [2.24, 2.45) is 0 Å². The number of carbonyl (C=O) groups is 1. The highest BCUT2D eigenvalue weighted by Gasteiger charge is 2.44. The number of piperidine rings is 1. The Labute approximate surface area is 224 Å². The van der Waals surface area contributed by atoms with Gasteiger partial charge < -0.3 is 19.9 Å². The van der Waals surface area contributed by atoms with Crippen LogP contribution >= 0.6 is 0 Å². The first kappa shape index (κ1) is 25.3. The molecular formula is C29H39N7O2. The second kappa shape index (κ2) is 10.6. The molecule has 1 amide bonds. The zero-order chi connectivity index (χ0) is 26.1. The summed E-state index contributed by atoms with van der Waals surface area (Å²) in [6.45, 7) is 5.88. The summed E-state index contributed by atoms with van der Waals surface area (Å²) in [5, 5.41) is 4.44. The van der Waals surface area contributed by atoms with Crippen molar-refractivity contribution in [2.75, 3.05) is 63.7 Å². The third-order valence-corrected chi connectivity index (χ3v) is 8.73. The van der Waals surface area contributed by atoms with E-state index in [2.05, 4.69) is 42.1 Å². The fourth-order valence-corrected chi connectivity index (χ4v) is 6.43. The van der Waals surface area contributed by atoms with Crippen LogP contribution in [0.1, 0.15) is 42.5 Å². The lowest BCUT2D eigenvalue weighted by Gasteiger charge is -2.45. The second-order valence-electron chi connectivity index (χ2n) is 11.2. The number of ether oxygens (including phenoxy) is 1. The normalized spacial score (nSPS) is 20.0. The smallest absolute Gasteiger partial charge is 0.245 e. The van der Waals surface area contributed by atoms with E-state index in [1.807, 2.05) is 26.2 Å². The van der Waals surface area contributed by atoms with E-state index in [0.29, 0.717) is 0 Å². The summed E-state index contributed by atoms with van der Waals surface area (Å²) in [6.07, 6.45) is 7.74. The Morgan fingerprint density at radius 3 is 2.68 bits per heavy atom. The van der Waals surface area contributed by atoms with Crippen LogP contribution in [0.2, 0.25) is 0 Å². The number of likely N-dealkylation sites (N-methyl/N-ethyl adjacent to an activating group) is 1. The number of rotatable bonds is 6. The maximum atomic E-state index is 13.8. The molecule has 38 heavy (non-hydrogen) atoms. The van der Waals surface area contributed by atoms with Gasteiger partial charge in [-0.1, -0.05) is 12.1 Å². The average Bonchev–Trinajstić information content (AvgIpc) is 3.33. The van der Waals surface area contributed by atoms with Crippen molar-refractivity contribution in [3.05, 3.63) is 47.4 Å². The number of fused-ring (bicyclic) bond motifs is 3. The minimum atomic E-state index is -0.569. The van der Waals surface area contributed by atoms with E-state index < -0.39 is 5.54 Å². The molecule has 3 aromatic rings. The number of hydrogen-bond donors (Lipinski definition) is 2. The summed E-state index contributed by atoms with van der Waals surface area (Å²) in [6, 6.07) is 8.27. The number of benzene rings is 1. The number of anilines is 2. The highest BCUT2D eigenvalue weighted by Crippen LogP contribution is 2.37. The minimum absolute atomic E-state index is 0.0672. The lowest BCUT2D eigenvalue weighted by molar-refractivity contribution is -0.127. The van der Waals surface area contributed by atoms with E-state index in [1.165, 1.54) is 35.0 Å². The Hall–Kier alpha value is -3.01. The van der Waals surface area contributed by atoms with Gasteiger partial charge in [0.25, 0.3) is 0 Å². The molecule has 0 unspecified atom stereocenters. The Morgan fingerprint density at radius 2 is 1.89 bits per heavy atom. The van der Waals surface area contributed by atoms with E-state index in [-0.39, 0.29) is 5.91 Å². The summed E-state index contributed by atoms with van der Waals surface area (Å²) >= 11 is 0. The van der Waals surface area contributed by atoms with Gasteiger partial charge >= 0.3 is 0 Å². The van der Waals surface area contributed by atoms with Crippen LogP contribution in [0, 0.1) is 0 Å². The zero-order valence-corrected chi connectivity index (χ0v) is 22.6. The van der Waals surface area contributed by atoms with Gasteiger partial charge in [-0.2, -0.15) is 0 Å². The molecule has 1 aromatic carbocycles. The third-order valence-electron chi connectivity index (χ3n) is 8.73. The maximum absolute atomic E-state index is 13.8. The molecule has 6 rings (SSSR count). The number of hydrogen-bond acceptors (Lipinski definition) is 7. The summed E-state index contributed by atoms with van der Waals surface area (Å²) in [7, 11) is 4.05. The molecule has 202 valence electrons. The van der Waals surface area contributed by atoms with E-state index in [4.69, 9.17) is 9.72 Å². The molecule has 0 bridgehead atoms. The van der Waals surface area contributed by atoms with Crippen LogP contribution in [-0.4, -0.2) is 89.7 Å². The van der Waals surface area contributed by atoms with Gasteiger partial charge in [-0.15, -0.1) is 0 Å². The van der Waals surface area contributed by atoms with Gasteiger partial charge in [0.2, 0.25) is 5.91 Å². The molecule has 4 heterocycles. The van der Waals surface area contributed by atoms with Gasteiger partial charge in [-0.05, 0) is 75.9 Å². The molecule has 9 heteroatoms. The first-order chi connectivity index (χ1) is 18.5. The number of nitrogens with one attached hydrogen (secondary N) is 2. The molecule has 2 aliphatic heterocycles. The van der Waals surface area contributed by atoms with Gasteiger partial charge in [0.05, 0.1) is 18.6 Å².